The number of rotatable bonds is 8. The van der Waals surface area contributed by atoms with Crippen molar-refractivity contribution >= 4 is 43.5 Å². The summed E-state index contributed by atoms with van der Waals surface area (Å²) in [5.74, 6) is 2.52. The van der Waals surface area contributed by atoms with Gasteiger partial charge in [-0.25, -0.2) is 24.9 Å². The van der Waals surface area contributed by atoms with Crippen molar-refractivity contribution in [2.45, 2.75) is 0 Å². The molecule has 13 aromatic rings. The average Bonchev–Trinajstić information content (AvgIpc) is 3.83. The summed E-state index contributed by atoms with van der Waals surface area (Å²) in [5, 5.41) is 6.60. The Morgan fingerprint density at radius 1 is 0.261 bits per heavy atom. The molecule has 0 aliphatic heterocycles. The van der Waals surface area contributed by atoms with Crippen LogP contribution in [0.1, 0.15) is 0 Å². The van der Waals surface area contributed by atoms with Crippen LogP contribution in [0.2, 0.25) is 0 Å². The van der Waals surface area contributed by atoms with Crippen LogP contribution in [0, 0.1) is 0 Å². The third kappa shape index (κ3) is 7.37. The third-order valence-electron chi connectivity index (χ3n) is 13.0. The Morgan fingerprint density at radius 3 is 1.57 bits per heavy atom. The molecular formula is C63H39N5O. The van der Waals surface area contributed by atoms with E-state index >= 15 is 0 Å². The van der Waals surface area contributed by atoms with Crippen molar-refractivity contribution in [2.24, 2.45) is 0 Å². The van der Waals surface area contributed by atoms with Crippen LogP contribution in [0.5, 0.6) is 0 Å². The van der Waals surface area contributed by atoms with Crippen molar-refractivity contribution < 1.29 is 4.42 Å². The second-order valence-electron chi connectivity index (χ2n) is 17.2. The van der Waals surface area contributed by atoms with E-state index in [1.165, 1.54) is 0 Å². The Kier molecular flexibility index (Phi) is 9.72. The largest absolute Gasteiger partial charge is 0.455 e. The summed E-state index contributed by atoms with van der Waals surface area (Å²) in [7, 11) is 0. The first-order chi connectivity index (χ1) is 34.2. The van der Waals surface area contributed by atoms with Crippen molar-refractivity contribution in [1.82, 2.24) is 24.9 Å². The molecule has 10 aromatic carbocycles. The molecule has 6 nitrogen and oxygen atoms in total. The summed E-state index contributed by atoms with van der Waals surface area (Å²) in [4.78, 5) is 25.6. The van der Waals surface area contributed by atoms with Crippen LogP contribution < -0.4 is 0 Å². The number of nitrogens with zero attached hydrogens (tertiary/aromatic N) is 5. The number of hydrogen-bond acceptors (Lipinski definition) is 6. The fourth-order valence-electron chi connectivity index (χ4n) is 9.51. The first-order valence-electron chi connectivity index (χ1n) is 23.1. The molecule has 3 aromatic heterocycles. The Morgan fingerprint density at radius 2 is 0.783 bits per heavy atom. The normalized spacial score (nSPS) is 11.5. The number of benzene rings is 10. The number of furan rings is 1. The van der Waals surface area contributed by atoms with Crippen molar-refractivity contribution in [3.63, 3.8) is 0 Å². The second-order valence-corrected chi connectivity index (χ2v) is 17.2. The molecule has 0 N–H and O–H groups in total. The summed E-state index contributed by atoms with van der Waals surface area (Å²) >= 11 is 0. The molecular weight excluding hydrogens is 843 g/mol. The summed E-state index contributed by atoms with van der Waals surface area (Å²) in [6.45, 7) is 0. The smallest absolute Gasteiger partial charge is 0.164 e. The van der Waals surface area contributed by atoms with Crippen LogP contribution in [-0.4, -0.2) is 24.9 Å². The molecule has 0 saturated carbocycles. The van der Waals surface area contributed by atoms with Crippen LogP contribution in [0.25, 0.3) is 134 Å². The Labute approximate surface area is 398 Å². The van der Waals surface area contributed by atoms with E-state index in [2.05, 4.69) is 188 Å². The lowest BCUT2D eigenvalue weighted by molar-refractivity contribution is 0.670. The van der Waals surface area contributed by atoms with Crippen LogP contribution >= 0.6 is 0 Å². The Hall–Kier alpha value is -9.39. The van der Waals surface area contributed by atoms with E-state index in [0.29, 0.717) is 23.3 Å². The highest BCUT2D eigenvalue weighted by Gasteiger charge is 2.20. The maximum atomic E-state index is 6.80. The summed E-state index contributed by atoms with van der Waals surface area (Å²) in [5.41, 5.74) is 13.3. The predicted molar refractivity (Wildman–Crippen MR) is 281 cm³/mol. The monoisotopic (exact) mass is 881 g/mol. The zero-order valence-corrected chi connectivity index (χ0v) is 37.2. The number of aromatic nitrogens is 5. The van der Waals surface area contributed by atoms with Gasteiger partial charge in [0, 0.05) is 49.7 Å². The van der Waals surface area contributed by atoms with Gasteiger partial charge in [0.1, 0.15) is 11.2 Å². The molecule has 0 bridgehead atoms. The highest BCUT2D eigenvalue weighted by molar-refractivity contribution is 6.16. The minimum absolute atomic E-state index is 0.596. The third-order valence-corrected chi connectivity index (χ3v) is 13.0. The van der Waals surface area contributed by atoms with Crippen LogP contribution in [0.15, 0.2) is 241 Å². The first-order valence-corrected chi connectivity index (χ1v) is 23.1. The van der Waals surface area contributed by atoms with Gasteiger partial charge in [-0.3, -0.25) is 0 Å². The maximum Gasteiger partial charge on any atom is 0.164 e. The minimum Gasteiger partial charge on any atom is -0.455 e. The van der Waals surface area contributed by atoms with Gasteiger partial charge < -0.3 is 4.42 Å². The van der Waals surface area contributed by atoms with E-state index < -0.39 is 0 Å². The predicted octanol–water partition coefficient (Wildman–Crippen LogP) is 16.2. The highest BCUT2D eigenvalue weighted by Crippen LogP contribution is 2.43. The molecule has 0 spiro atoms. The van der Waals surface area contributed by atoms with Gasteiger partial charge in [0.05, 0.1) is 11.4 Å². The standard InChI is InChI=1S/C63H39N5O/c1-3-17-43(18-4-1)55-39-56(65-60(64-55)45-19-5-2-6-20-45)44-32-30-42(31-33-44)52-36-35-51(58-54-26-11-12-28-57(54)69-59(52)58)47-23-13-24-48(38-47)61-66-62(49-34-29-40-15-7-8-21-46(40)37-49)68-63(67-61)53-27-14-22-41-16-9-10-25-50(41)53/h1-39H. The molecule has 322 valence electrons. The van der Waals surface area contributed by atoms with Gasteiger partial charge in [0.15, 0.2) is 23.3 Å². The zero-order chi connectivity index (χ0) is 45.7. The van der Waals surface area contributed by atoms with Gasteiger partial charge in [0.25, 0.3) is 0 Å². The SMILES string of the molecule is c1ccc(-c2cc(-c3ccc(-c4ccc(-c5cccc(-c6nc(-c7ccc8ccccc8c7)nc(-c7cccc8ccccc78)n6)c5)c5c4oc4ccccc45)cc3)nc(-c3ccccc3)n2)cc1. The highest BCUT2D eigenvalue weighted by atomic mass is 16.3. The molecule has 0 unspecified atom stereocenters. The Balaban J connectivity index is 0.918. The van der Waals surface area contributed by atoms with Crippen LogP contribution in [0.4, 0.5) is 0 Å². The lowest BCUT2D eigenvalue weighted by atomic mass is 9.93. The van der Waals surface area contributed by atoms with Crippen LogP contribution in [0.3, 0.4) is 0 Å². The molecule has 0 aliphatic carbocycles. The number of fused-ring (bicyclic) bond motifs is 5. The molecule has 13 rings (SSSR count). The van der Waals surface area contributed by atoms with Gasteiger partial charge in [-0.2, -0.15) is 0 Å². The van der Waals surface area contributed by atoms with Gasteiger partial charge in [-0.05, 0) is 68.6 Å². The molecule has 0 atom stereocenters. The fraction of sp³-hybridized carbons (Fsp3) is 0. The van der Waals surface area contributed by atoms with E-state index in [4.69, 9.17) is 29.3 Å². The first kappa shape index (κ1) is 39.9. The molecule has 6 heteroatoms. The maximum absolute atomic E-state index is 6.80. The molecule has 0 amide bonds. The van der Waals surface area contributed by atoms with E-state index in [1.807, 2.05) is 48.5 Å². The quantitative estimate of drug-likeness (QED) is 0.151. The molecule has 3 heterocycles. The van der Waals surface area contributed by atoms with Gasteiger partial charge >= 0.3 is 0 Å². The lowest BCUT2D eigenvalue weighted by Crippen LogP contribution is -2.00. The molecule has 0 aliphatic rings. The summed E-state index contributed by atoms with van der Waals surface area (Å²) in [6, 6.07) is 81.7. The average molecular weight is 882 g/mol. The summed E-state index contributed by atoms with van der Waals surface area (Å²) in [6.07, 6.45) is 0. The lowest BCUT2D eigenvalue weighted by Gasteiger charge is -2.12. The minimum atomic E-state index is 0.596. The van der Waals surface area contributed by atoms with Gasteiger partial charge in [-0.1, -0.05) is 206 Å². The van der Waals surface area contributed by atoms with Crippen molar-refractivity contribution in [2.75, 3.05) is 0 Å². The number of hydrogen-bond donors (Lipinski definition) is 0. The molecule has 0 fully saturated rings. The molecule has 0 saturated heterocycles. The Bertz CT molecular complexity index is 4010. The number of para-hydroxylation sites is 1. The molecule has 69 heavy (non-hydrogen) atoms. The van der Waals surface area contributed by atoms with Crippen molar-refractivity contribution in [3.05, 3.63) is 237 Å². The fourth-order valence-corrected chi connectivity index (χ4v) is 9.51. The summed E-state index contributed by atoms with van der Waals surface area (Å²) < 4.78 is 6.80. The van der Waals surface area contributed by atoms with Gasteiger partial charge in [-0.15, -0.1) is 0 Å². The van der Waals surface area contributed by atoms with E-state index in [1.54, 1.807) is 0 Å². The van der Waals surface area contributed by atoms with Crippen molar-refractivity contribution in [1.29, 1.82) is 0 Å². The van der Waals surface area contributed by atoms with Crippen molar-refractivity contribution in [3.8, 4) is 90.3 Å². The van der Waals surface area contributed by atoms with Crippen LogP contribution in [-0.2, 0) is 0 Å². The zero-order valence-electron chi connectivity index (χ0n) is 37.2. The second kappa shape index (κ2) is 16.8. The van der Waals surface area contributed by atoms with E-state index in [0.717, 1.165) is 111 Å². The van der Waals surface area contributed by atoms with Gasteiger partial charge in [0.2, 0.25) is 0 Å². The van der Waals surface area contributed by atoms with E-state index in [9.17, 15) is 0 Å². The topological polar surface area (TPSA) is 77.6 Å². The van der Waals surface area contributed by atoms with E-state index in [-0.39, 0.29) is 0 Å². The molecule has 0 radical (unpaired) electrons.